The van der Waals surface area contributed by atoms with Crippen LogP contribution in [0.25, 0.3) is 11.6 Å². The Labute approximate surface area is 165 Å². The predicted molar refractivity (Wildman–Crippen MR) is 117 cm³/mol. The normalized spacial score (nSPS) is 19.4. The third-order valence-corrected chi connectivity index (χ3v) is 6.45. The molecule has 1 aliphatic carbocycles. The van der Waals surface area contributed by atoms with Crippen LogP contribution < -0.4 is 0 Å². The third-order valence-electron chi connectivity index (χ3n) is 6.45. The van der Waals surface area contributed by atoms with Crippen LogP contribution in [-0.4, -0.2) is 7.11 Å². The molecule has 1 atom stereocenters. The quantitative estimate of drug-likeness (QED) is 0.518. The average Bonchev–Trinajstić information content (AvgIpc) is 2.65. The Balaban J connectivity index is 1.93. The Kier molecular flexibility index (Phi) is 5.36. The monoisotopic (exact) mass is 362 g/mol. The molecule has 1 heteroatoms. The summed E-state index contributed by atoms with van der Waals surface area (Å²) in [6.07, 6.45) is 4.95. The molecule has 0 saturated carbocycles. The van der Waals surface area contributed by atoms with E-state index in [2.05, 4.69) is 90.1 Å². The zero-order valence-electron chi connectivity index (χ0n) is 18.0. The molecule has 0 radical (unpaired) electrons. The third kappa shape index (κ3) is 4.04. The lowest BCUT2D eigenvalue weighted by Gasteiger charge is -2.42. The van der Waals surface area contributed by atoms with E-state index in [1.807, 2.05) is 0 Å². The number of hydrogen-bond acceptors (Lipinski definition) is 1. The molecule has 0 N–H and O–H groups in total. The largest absolute Gasteiger partial charge is 0.377 e. The minimum Gasteiger partial charge on any atom is -0.377 e. The smallest absolute Gasteiger partial charge is 0.0793 e. The summed E-state index contributed by atoms with van der Waals surface area (Å²) in [5.41, 5.74) is 8.63. The van der Waals surface area contributed by atoms with Gasteiger partial charge in [-0.2, -0.15) is 0 Å². The van der Waals surface area contributed by atoms with Crippen LogP contribution in [0.4, 0.5) is 0 Å². The minimum atomic E-state index is 0.134. The van der Waals surface area contributed by atoms with Gasteiger partial charge in [0.1, 0.15) is 0 Å². The van der Waals surface area contributed by atoms with Gasteiger partial charge in [0.05, 0.1) is 6.10 Å². The van der Waals surface area contributed by atoms with Crippen LogP contribution in [0.2, 0.25) is 0 Å². The average molecular weight is 363 g/mol. The van der Waals surface area contributed by atoms with Gasteiger partial charge in [0.25, 0.3) is 0 Å². The lowest BCUT2D eigenvalue weighted by Crippen LogP contribution is -2.33. The summed E-state index contributed by atoms with van der Waals surface area (Å²) < 4.78 is 5.41. The fourth-order valence-electron chi connectivity index (χ4n) is 4.18. The van der Waals surface area contributed by atoms with Crippen molar-refractivity contribution in [2.75, 3.05) is 7.11 Å². The Morgan fingerprint density at radius 1 is 0.926 bits per heavy atom. The highest BCUT2D eigenvalue weighted by Crippen LogP contribution is 2.46. The molecular formula is C26H34O. The highest BCUT2D eigenvalue weighted by Gasteiger charge is 2.36. The molecule has 144 valence electrons. The van der Waals surface area contributed by atoms with Gasteiger partial charge >= 0.3 is 0 Å². The van der Waals surface area contributed by atoms with Gasteiger partial charge in [-0.1, -0.05) is 76.2 Å². The molecule has 0 fully saturated rings. The molecule has 0 saturated heterocycles. The Hall–Kier alpha value is -1.86. The number of ether oxygens (including phenoxy) is 1. The molecular weight excluding hydrogens is 328 g/mol. The van der Waals surface area contributed by atoms with Gasteiger partial charge in [0.15, 0.2) is 0 Å². The molecule has 1 aliphatic rings. The van der Waals surface area contributed by atoms with Crippen molar-refractivity contribution in [3.8, 4) is 0 Å². The van der Waals surface area contributed by atoms with E-state index in [0.29, 0.717) is 0 Å². The van der Waals surface area contributed by atoms with Crippen molar-refractivity contribution in [1.82, 2.24) is 0 Å². The van der Waals surface area contributed by atoms with Crippen molar-refractivity contribution >= 4 is 11.6 Å². The summed E-state index contributed by atoms with van der Waals surface area (Å²) in [7, 11) is 1.75. The lowest BCUT2D eigenvalue weighted by atomic mass is 9.63. The van der Waals surface area contributed by atoms with Crippen molar-refractivity contribution in [1.29, 1.82) is 0 Å². The molecule has 0 aromatic heterocycles. The van der Waals surface area contributed by atoms with E-state index >= 15 is 0 Å². The summed E-state index contributed by atoms with van der Waals surface area (Å²) in [6, 6.07) is 15.8. The molecule has 0 aliphatic heterocycles. The van der Waals surface area contributed by atoms with Gasteiger partial charge in [-0.25, -0.2) is 0 Å². The number of methoxy groups -OCH3 is 1. The summed E-state index contributed by atoms with van der Waals surface area (Å²) in [6.45, 7) is 13.8. The zero-order chi connectivity index (χ0) is 19.8. The molecule has 2 aromatic carbocycles. The summed E-state index contributed by atoms with van der Waals surface area (Å²) in [4.78, 5) is 0. The maximum absolute atomic E-state index is 5.41. The highest BCUT2D eigenvalue weighted by atomic mass is 16.5. The fraction of sp³-hybridized carbons (Fsp3) is 0.462. The second kappa shape index (κ2) is 7.28. The predicted octanol–water partition coefficient (Wildman–Crippen LogP) is 7.30. The molecule has 1 nitrogen and oxygen atoms in total. The summed E-state index contributed by atoms with van der Waals surface area (Å²) >= 11 is 0. The Morgan fingerprint density at radius 2 is 1.52 bits per heavy atom. The van der Waals surface area contributed by atoms with Gasteiger partial charge in [-0.15, -0.1) is 0 Å². The van der Waals surface area contributed by atoms with Crippen LogP contribution in [-0.2, 0) is 15.6 Å². The Morgan fingerprint density at radius 3 is 2.11 bits per heavy atom. The van der Waals surface area contributed by atoms with E-state index in [9.17, 15) is 0 Å². The topological polar surface area (TPSA) is 9.23 Å². The van der Waals surface area contributed by atoms with Crippen LogP contribution in [0.1, 0.15) is 88.3 Å². The maximum atomic E-state index is 5.41. The SMILES string of the molecule is COC(C)c1ccc(C(C)=Cc2ccc3c(c2)C(C)(C)CCC3(C)C)cc1. The number of benzene rings is 2. The highest BCUT2D eigenvalue weighted by molar-refractivity contribution is 5.80. The van der Waals surface area contributed by atoms with Gasteiger partial charge in [0, 0.05) is 7.11 Å². The summed E-state index contributed by atoms with van der Waals surface area (Å²) in [5.74, 6) is 0. The first-order valence-corrected chi connectivity index (χ1v) is 10.1. The number of rotatable bonds is 4. The molecule has 3 rings (SSSR count). The van der Waals surface area contributed by atoms with Crippen molar-refractivity contribution in [3.05, 3.63) is 70.3 Å². The van der Waals surface area contributed by atoms with E-state index in [0.717, 1.165) is 0 Å². The van der Waals surface area contributed by atoms with E-state index in [1.54, 1.807) is 7.11 Å². The zero-order valence-corrected chi connectivity index (χ0v) is 18.0. The number of fused-ring (bicyclic) bond motifs is 1. The van der Waals surface area contributed by atoms with E-state index < -0.39 is 0 Å². The molecule has 0 bridgehead atoms. The van der Waals surface area contributed by atoms with Crippen molar-refractivity contribution in [2.24, 2.45) is 0 Å². The second-order valence-electron chi connectivity index (χ2n) is 9.40. The number of allylic oxidation sites excluding steroid dienone is 1. The molecule has 1 unspecified atom stereocenters. The first kappa shape index (κ1) is 19.9. The Bertz CT molecular complexity index is 837. The van der Waals surface area contributed by atoms with E-state index in [4.69, 9.17) is 4.74 Å². The first-order chi connectivity index (χ1) is 12.6. The van der Waals surface area contributed by atoms with Crippen LogP contribution in [0.15, 0.2) is 42.5 Å². The number of hydrogen-bond donors (Lipinski definition) is 0. The minimum absolute atomic E-state index is 0.134. The summed E-state index contributed by atoms with van der Waals surface area (Å²) in [5, 5.41) is 0. The first-order valence-electron chi connectivity index (χ1n) is 10.1. The van der Waals surface area contributed by atoms with E-state index in [1.165, 1.54) is 46.2 Å². The molecule has 0 heterocycles. The standard InChI is InChI=1S/C26H34O/c1-18(21-9-11-22(12-10-21)19(2)27-7)16-20-8-13-23-24(17-20)26(5,6)15-14-25(23,3)4/h8-13,16-17,19H,14-15H2,1-7H3. The second-order valence-corrected chi connectivity index (χ2v) is 9.40. The van der Waals surface area contributed by atoms with Gasteiger partial charge in [0.2, 0.25) is 0 Å². The van der Waals surface area contributed by atoms with Crippen LogP contribution in [0, 0.1) is 0 Å². The maximum Gasteiger partial charge on any atom is 0.0793 e. The van der Waals surface area contributed by atoms with Crippen molar-refractivity contribution in [2.45, 2.75) is 71.3 Å². The van der Waals surface area contributed by atoms with Crippen LogP contribution in [0.3, 0.4) is 0 Å². The van der Waals surface area contributed by atoms with Crippen LogP contribution >= 0.6 is 0 Å². The van der Waals surface area contributed by atoms with Crippen molar-refractivity contribution < 1.29 is 4.74 Å². The van der Waals surface area contributed by atoms with Gasteiger partial charge in [-0.05, 0) is 70.9 Å². The van der Waals surface area contributed by atoms with Gasteiger partial charge in [-0.3, -0.25) is 0 Å². The van der Waals surface area contributed by atoms with E-state index in [-0.39, 0.29) is 16.9 Å². The molecule has 2 aromatic rings. The van der Waals surface area contributed by atoms with Gasteiger partial charge < -0.3 is 4.74 Å². The molecule has 27 heavy (non-hydrogen) atoms. The molecule has 0 spiro atoms. The lowest BCUT2D eigenvalue weighted by molar-refractivity contribution is 0.119. The molecule has 0 amide bonds. The fourth-order valence-corrected chi connectivity index (χ4v) is 4.18. The van der Waals surface area contributed by atoms with Crippen molar-refractivity contribution in [3.63, 3.8) is 0 Å². The van der Waals surface area contributed by atoms with Crippen LogP contribution in [0.5, 0.6) is 0 Å².